The Morgan fingerprint density at radius 1 is 1.25 bits per heavy atom. The smallest absolute Gasteiger partial charge is 0.127 e. The van der Waals surface area contributed by atoms with Crippen LogP contribution in [0.15, 0.2) is 24.5 Å². The molecule has 0 bridgehead atoms. The van der Waals surface area contributed by atoms with Gasteiger partial charge in [0.25, 0.3) is 0 Å². The van der Waals surface area contributed by atoms with E-state index in [1.807, 2.05) is 44.4 Å². The summed E-state index contributed by atoms with van der Waals surface area (Å²) in [6.45, 7) is 0. The number of hydrogen-bond acceptors (Lipinski definition) is 4. The van der Waals surface area contributed by atoms with Gasteiger partial charge in [-0.1, -0.05) is 0 Å². The lowest BCUT2D eigenvalue weighted by molar-refractivity contribution is 0.775. The predicted molar refractivity (Wildman–Crippen MR) is 65.2 cm³/mol. The number of nitrogen functional groups attached to an aromatic ring is 1. The number of nitrogens with zero attached hydrogens (tertiary/aromatic N) is 4. The molecule has 0 saturated heterocycles. The number of nitrogens with two attached hydrogens (primary N) is 1. The van der Waals surface area contributed by atoms with E-state index in [-0.39, 0.29) is 0 Å². The van der Waals surface area contributed by atoms with Crippen molar-refractivity contribution in [2.75, 3.05) is 24.7 Å². The molecule has 0 spiro atoms. The average Bonchev–Trinajstić information content (AvgIpc) is 2.59. The van der Waals surface area contributed by atoms with Crippen molar-refractivity contribution in [3.63, 3.8) is 0 Å². The molecule has 0 fully saturated rings. The van der Waals surface area contributed by atoms with Crippen LogP contribution in [0, 0.1) is 0 Å². The number of aromatic nitrogens is 3. The van der Waals surface area contributed by atoms with Gasteiger partial charge >= 0.3 is 0 Å². The van der Waals surface area contributed by atoms with Gasteiger partial charge in [0, 0.05) is 32.9 Å². The zero-order valence-corrected chi connectivity index (χ0v) is 9.68. The van der Waals surface area contributed by atoms with Crippen molar-refractivity contribution in [3.8, 4) is 11.3 Å². The number of anilines is 2. The second-order valence-corrected chi connectivity index (χ2v) is 3.87. The summed E-state index contributed by atoms with van der Waals surface area (Å²) >= 11 is 0. The summed E-state index contributed by atoms with van der Waals surface area (Å²) in [4.78, 5) is 6.30. The van der Waals surface area contributed by atoms with Crippen molar-refractivity contribution in [2.24, 2.45) is 7.05 Å². The van der Waals surface area contributed by atoms with Crippen LogP contribution in [0.3, 0.4) is 0 Å². The second kappa shape index (κ2) is 3.84. The van der Waals surface area contributed by atoms with Gasteiger partial charge in [0.1, 0.15) is 5.82 Å². The third-order valence-electron chi connectivity index (χ3n) is 2.45. The SMILES string of the molecule is CN(C)c1ccc(-c2c(N)cnn2C)cn1. The van der Waals surface area contributed by atoms with Gasteiger partial charge in [0.05, 0.1) is 17.6 Å². The molecule has 2 N–H and O–H groups in total. The lowest BCUT2D eigenvalue weighted by Gasteiger charge is -2.11. The lowest BCUT2D eigenvalue weighted by atomic mass is 10.2. The Bertz CT molecular complexity index is 464. The van der Waals surface area contributed by atoms with Crippen molar-refractivity contribution in [1.82, 2.24) is 14.8 Å². The third kappa shape index (κ3) is 1.71. The summed E-state index contributed by atoms with van der Waals surface area (Å²) in [5.41, 5.74) is 8.39. The van der Waals surface area contributed by atoms with Gasteiger partial charge in [-0.3, -0.25) is 4.68 Å². The highest BCUT2D eigenvalue weighted by Crippen LogP contribution is 2.25. The van der Waals surface area contributed by atoms with Gasteiger partial charge in [0.2, 0.25) is 0 Å². The molecule has 0 amide bonds. The van der Waals surface area contributed by atoms with Crippen molar-refractivity contribution in [1.29, 1.82) is 0 Å². The molecule has 0 aromatic carbocycles. The minimum atomic E-state index is 0.668. The molecule has 16 heavy (non-hydrogen) atoms. The first-order valence-corrected chi connectivity index (χ1v) is 5.01. The van der Waals surface area contributed by atoms with E-state index in [1.165, 1.54) is 0 Å². The second-order valence-electron chi connectivity index (χ2n) is 3.87. The highest BCUT2D eigenvalue weighted by molar-refractivity contribution is 5.72. The third-order valence-corrected chi connectivity index (χ3v) is 2.45. The normalized spacial score (nSPS) is 10.4. The Labute approximate surface area is 94.5 Å². The number of rotatable bonds is 2. The molecule has 84 valence electrons. The van der Waals surface area contributed by atoms with Gasteiger partial charge in [-0.25, -0.2) is 4.98 Å². The van der Waals surface area contributed by atoms with Gasteiger partial charge < -0.3 is 10.6 Å². The Morgan fingerprint density at radius 2 is 2.00 bits per heavy atom. The molecule has 2 aromatic rings. The zero-order valence-electron chi connectivity index (χ0n) is 9.68. The molecule has 0 aliphatic heterocycles. The maximum atomic E-state index is 5.85. The minimum absolute atomic E-state index is 0.668. The lowest BCUT2D eigenvalue weighted by Crippen LogP contribution is -2.10. The first kappa shape index (κ1) is 10.5. The average molecular weight is 217 g/mol. The molecule has 2 rings (SSSR count). The van der Waals surface area contributed by atoms with Crippen LogP contribution in [0.1, 0.15) is 0 Å². The van der Waals surface area contributed by atoms with Gasteiger partial charge in [-0.2, -0.15) is 5.10 Å². The van der Waals surface area contributed by atoms with Gasteiger partial charge in [0.15, 0.2) is 0 Å². The first-order valence-electron chi connectivity index (χ1n) is 5.01. The highest BCUT2D eigenvalue weighted by Gasteiger charge is 2.08. The summed E-state index contributed by atoms with van der Waals surface area (Å²) in [6, 6.07) is 3.96. The van der Waals surface area contributed by atoms with Crippen LogP contribution < -0.4 is 10.6 Å². The van der Waals surface area contributed by atoms with Crippen molar-refractivity contribution in [3.05, 3.63) is 24.5 Å². The summed E-state index contributed by atoms with van der Waals surface area (Å²) < 4.78 is 1.75. The molecule has 0 aliphatic carbocycles. The maximum Gasteiger partial charge on any atom is 0.127 e. The molecular weight excluding hydrogens is 202 g/mol. The summed E-state index contributed by atoms with van der Waals surface area (Å²) in [6.07, 6.45) is 3.46. The van der Waals surface area contributed by atoms with Crippen LogP contribution in [0.5, 0.6) is 0 Å². The molecular formula is C11H15N5. The van der Waals surface area contributed by atoms with Crippen LogP contribution in [0.4, 0.5) is 11.5 Å². The number of aryl methyl sites for hydroxylation is 1. The fourth-order valence-electron chi connectivity index (χ4n) is 1.60. The van der Waals surface area contributed by atoms with E-state index in [0.717, 1.165) is 17.1 Å². The Balaban J connectivity index is 2.42. The van der Waals surface area contributed by atoms with Crippen LogP contribution >= 0.6 is 0 Å². The summed E-state index contributed by atoms with van der Waals surface area (Å²) in [7, 11) is 5.78. The Kier molecular flexibility index (Phi) is 2.52. The molecule has 0 unspecified atom stereocenters. The number of pyridine rings is 1. The zero-order chi connectivity index (χ0) is 11.7. The van der Waals surface area contributed by atoms with Crippen LogP contribution in [-0.2, 0) is 7.05 Å². The fraction of sp³-hybridized carbons (Fsp3) is 0.273. The predicted octanol–water partition coefficient (Wildman–Crippen LogP) is 1.13. The molecule has 5 heteroatoms. The van der Waals surface area contributed by atoms with Crippen LogP contribution in [0.25, 0.3) is 11.3 Å². The van der Waals surface area contributed by atoms with E-state index in [0.29, 0.717) is 5.69 Å². The highest BCUT2D eigenvalue weighted by atomic mass is 15.3. The van der Waals surface area contributed by atoms with E-state index < -0.39 is 0 Å². The largest absolute Gasteiger partial charge is 0.396 e. The first-order chi connectivity index (χ1) is 7.59. The molecule has 0 saturated carbocycles. The molecule has 0 radical (unpaired) electrons. The number of hydrogen-bond donors (Lipinski definition) is 1. The van der Waals surface area contributed by atoms with Gasteiger partial charge in [-0.05, 0) is 12.1 Å². The van der Waals surface area contributed by atoms with Crippen molar-refractivity contribution < 1.29 is 0 Å². The standard InChI is InChI=1S/C11H15N5/c1-15(2)10-5-4-8(6-13-10)11-9(12)7-14-16(11)3/h4-7H,12H2,1-3H3. The topological polar surface area (TPSA) is 60.0 Å². The minimum Gasteiger partial charge on any atom is -0.396 e. The van der Waals surface area contributed by atoms with E-state index in [9.17, 15) is 0 Å². The van der Waals surface area contributed by atoms with E-state index in [2.05, 4.69) is 10.1 Å². The molecule has 2 aromatic heterocycles. The van der Waals surface area contributed by atoms with Crippen molar-refractivity contribution >= 4 is 11.5 Å². The molecule has 5 nitrogen and oxygen atoms in total. The monoisotopic (exact) mass is 217 g/mol. The van der Waals surface area contributed by atoms with Crippen LogP contribution in [-0.4, -0.2) is 28.9 Å². The van der Waals surface area contributed by atoms with Crippen molar-refractivity contribution in [2.45, 2.75) is 0 Å². The quantitative estimate of drug-likeness (QED) is 0.819. The molecule has 2 heterocycles. The molecule has 0 aliphatic rings. The maximum absolute atomic E-state index is 5.85. The Morgan fingerprint density at radius 3 is 2.44 bits per heavy atom. The van der Waals surface area contributed by atoms with Gasteiger partial charge in [-0.15, -0.1) is 0 Å². The van der Waals surface area contributed by atoms with Crippen LogP contribution in [0.2, 0.25) is 0 Å². The fourth-order valence-corrected chi connectivity index (χ4v) is 1.60. The summed E-state index contributed by atoms with van der Waals surface area (Å²) in [5.74, 6) is 0.921. The Hall–Kier alpha value is -2.04. The van der Waals surface area contributed by atoms with E-state index in [4.69, 9.17) is 5.73 Å². The molecule has 0 atom stereocenters. The summed E-state index contributed by atoms with van der Waals surface area (Å²) in [5, 5.41) is 4.10. The van der Waals surface area contributed by atoms with E-state index in [1.54, 1.807) is 10.9 Å². The van der Waals surface area contributed by atoms with E-state index >= 15 is 0 Å².